The number of carbonyl (C=O) groups is 4. The average Bonchev–Trinajstić information content (AvgIpc) is 3.41. The summed E-state index contributed by atoms with van der Waals surface area (Å²) in [5.74, 6) is -0.918. The van der Waals surface area contributed by atoms with E-state index in [0.29, 0.717) is 22.8 Å². The molecule has 1 aromatic heterocycles. The van der Waals surface area contributed by atoms with Crippen LogP contribution in [0.1, 0.15) is 42.4 Å². The van der Waals surface area contributed by atoms with Gasteiger partial charge < -0.3 is 19.2 Å². The molecule has 0 fully saturated rings. The van der Waals surface area contributed by atoms with Crippen molar-refractivity contribution < 1.29 is 33.1 Å². The zero-order valence-electron chi connectivity index (χ0n) is 17.9. The summed E-state index contributed by atoms with van der Waals surface area (Å²) in [5.41, 5.74) is 1.89. The maximum atomic E-state index is 12.8. The van der Waals surface area contributed by atoms with Crippen LogP contribution in [0.5, 0.6) is 5.75 Å². The minimum Gasteiger partial charge on any atom is -0.482 e. The summed E-state index contributed by atoms with van der Waals surface area (Å²) in [5, 5.41) is 2.78. The molecule has 9 heteroatoms. The van der Waals surface area contributed by atoms with Crippen LogP contribution in [-0.2, 0) is 16.1 Å². The van der Waals surface area contributed by atoms with Crippen LogP contribution in [0.4, 0.5) is 5.69 Å². The van der Waals surface area contributed by atoms with Crippen molar-refractivity contribution in [1.82, 2.24) is 4.90 Å². The van der Waals surface area contributed by atoms with Crippen LogP contribution >= 0.6 is 0 Å². The number of furan rings is 1. The topological polar surface area (TPSA) is 115 Å². The second kappa shape index (κ2) is 8.99. The standard InChI is InChI=1S/C24H20N2O7/c1-14-10-16(33-13-21(27)31-2)6-8-20(14)25-22(28)15-5-7-18-19(11-15)24(30)26(23(18)29)12-17-4-3-9-32-17/h3-11H,12-13H2,1-2H3,(H,25,28). The van der Waals surface area contributed by atoms with Crippen LogP contribution in [0.25, 0.3) is 0 Å². The highest BCUT2D eigenvalue weighted by Gasteiger charge is 2.36. The van der Waals surface area contributed by atoms with Crippen LogP contribution in [0.3, 0.4) is 0 Å². The van der Waals surface area contributed by atoms with E-state index in [0.717, 1.165) is 4.90 Å². The van der Waals surface area contributed by atoms with Gasteiger partial charge in [-0.15, -0.1) is 0 Å². The molecular weight excluding hydrogens is 428 g/mol. The zero-order chi connectivity index (χ0) is 23.5. The van der Waals surface area contributed by atoms with Gasteiger partial charge in [-0.25, -0.2) is 4.79 Å². The molecule has 0 unspecified atom stereocenters. The van der Waals surface area contributed by atoms with E-state index in [2.05, 4.69) is 10.1 Å². The molecule has 0 spiro atoms. The highest BCUT2D eigenvalue weighted by Crippen LogP contribution is 2.27. The molecule has 4 rings (SSSR count). The number of rotatable bonds is 7. The molecule has 0 saturated carbocycles. The summed E-state index contributed by atoms with van der Waals surface area (Å²) in [7, 11) is 1.27. The van der Waals surface area contributed by atoms with E-state index < -0.39 is 23.7 Å². The van der Waals surface area contributed by atoms with Crippen LogP contribution in [0.2, 0.25) is 0 Å². The predicted octanol–water partition coefficient (Wildman–Crippen LogP) is 3.19. The molecule has 0 radical (unpaired) electrons. The lowest BCUT2D eigenvalue weighted by molar-refractivity contribution is -0.142. The Kier molecular flexibility index (Phi) is 5.95. The third-order valence-electron chi connectivity index (χ3n) is 5.16. The normalized spacial score (nSPS) is 12.5. The van der Waals surface area contributed by atoms with E-state index in [-0.39, 0.29) is 29.8 Å². The summed E-state index contributed by atoms with van der Waals surface area (Å²) in [6.07, 6.45) is 1.47. The number of nitrogens with zero attached hydrogens (tertiary/aromatic N) is 1. The van der Waals surface area contributed by atoms with Gasteiger partial charge in [0.25, 0.3) is 17.7 Å². The Balaban J connectivity index is 1.47. The molecule has 3 amide bonds. The van der Waals surface area contributed by atoms with Gasteiger partial charge >= 0.3 is 5.97 Å². The number of anilines is 1. The van der Waals surface area contributed by atoms with Crippen LogP contribution in [0.15, 0.2) is 59.2 Å². The van der Waals surface area contributed by atoms with Crippen molar-refractivity contribution in [2.45, 2.75) is 13.5 Å². The number of fused-ring (bicyclic) bond motifs is 1. The van der Waals surface area contributed by atoms with Gasteiger partial charge in [0.15, 0.2) is 6.61 Å². The zero-order valence-corrected chi connectivity index (χ0v) is 17.9. The molecule has 1 aliphatic heterocycles. The third kappa shape index (κ3) is 4.47. The molecule has 1 N–H and O–H groups in total. The molecule has 0 bridgehead atoms. The largest absolute Gasteiger partial charge is 0.482 e. The molecule has 0 saturated heterocycles. The van der Waals surface area contributed by atoms with Crippen molar-refractivity contribution in [3.05, 3.63) is 82.8 Å². The Labute approximate surface area is 188 Å². The fourth-order valence-corrected chi connectivity index (χ4v) is 3.40. The maximum Gasteiger partial charge on any atom is 0.343 e. The van der Waals surface area contributed by atoms with Crippen molar-refractivity contribution in [1.29, 1.82) is 0 Å². The van der Waals surface area contributed by atoms with Gasteiger partial charge in [-0.3, -0.25) is 19.3 Å². The van der Waals surface area contributed by atoms with E-state index >= 15 is 0 Å². The van der Waals surface area contributed by atoms with Gasteiger partial charge in [0.05, 0.1) is 31.0 Å². The van der Waals surface area contributed by atoms with Crippen molar-refractivity contribution in [3.63, 3.8) is 0 Å². The van der Waals surface area contributed by atoms with E-state index in [1.807, 2.05) is 0 Å². The third-order valence-corrected chi connectivity index (χ3v) is 5.16. The lowest BCUT2D eigenvalue weighted by atomic mass is 10.0. The van der Waals surface area contributed by atoms with Crippen LogP contribution in [-0.4, -0.2) is 42.3 Å². The van der Waals surface area contributed by atoms with Crippen molar-refractivity contribution in [2.24, 2.45) is 0 Å². The summed E-state index contributed by atoms with van der Waals surface area (Å²) >= 11 is 0. The molecule has 33 heavy (non-hydrogen) atoms. The van der Waals surface area contributed by atoms with Gasteiger partial charge in [-0.1, -0.05) is 0 Å². The number of hydrogen-bond donors (Lipinski definition) is 1. The number of hydrogen-bond acceptors (Lipinski definition) is 7. The molecular formula is C24H20N2O7. The van der Waals surface area contributed by atoms with Gasteiger partial charge in [-0.05, 0) is 61.0 Å². The lowest BCUT2D eigenvalue weighted by Gasteiger charge is -2.11. The fraction of sp³-hybridized carbons (Fsp3) is 0.167. The quantitative estimate of drug-likeness (QED) is 0.436. The highest BCUT2D eigenvalue weighted by atomic mass is 16.6. The van der Waals surface area contributed by atoms with Crippen molar-refractivity contribution in [2.75, 3.05) is 19.0 Å². The van der Waals surface area contributed by atoms with Crippen LogP contribution in [0, 0.1) is 6.92 Å². The molecule has 2 heterocycles. The van der Waals surface area contributed by atoms with E-state index in [1.54, 1.807) is 37.3 Å². The molecule has 9 nitrogen and oxygen atoms in total. The van der Waals surface area contributed by atoms with E-state index in [9.17, 15) is 19.2 Å². The summed E-state index contributed by atoms with van der Waals surface area (Å²) < 4.78 is 15.1. The molecule has 1 aliphatic rings. The SMILES string of the molecule is COC(=O)COc1ccc(NC(=O)c2ccc3c(c2)C(=O)N(Cc2ccco2)C3=O)c(C)c1. The second-order valence-corrected chi connectivity index (χ2v) is 7.33. The van der Waals surface area contributed by atoms with Gasteiger partial charge in [-0.2, -0.15) is 0 Å². The first-order valence-corrected chi connectivity index (χ1v) is 10.0. The van der Waals surface area contributed by atoms with Gasteiger partial charge in [0, 0.05) is 11.3 Å². The molecule has 3 aromatic rings. The highest BCUT2D eigenvalue weighted by molar-refractivity contribution is 6.22. The number of methoxy groups -OCH3 is 1. The van der Waals surface area contributed by atoms with Crippen molar-refractivity contribution in [3.8, 4) is 5.75 Å². The van der Waals surface area contributed by atoms with Crippen molar-refractivity contribution >= 4 is 29.4 Å². The Morgan fingerprint density at radius 1 is 1.03 bits per heavy atom. The Hall–Kier alpha value is -4.40. The summed E-state index contributed by atoms with van der Waals surface area (Å²) in [6, 6.07) is 12.7. The first kappa shape index (κ1) is 21.8. The minimum atomic E-state index is -0.502. The number of ether oxygens (including phenoxy) is 2. The number of imide groups is 1. The number of aryl methyl sites for hydroxylation is 1. The number of nitrogens with one attached hydrogen (secondary N) is 1. The van der Waals surface area contributed by atoms with E-state index in [1.165, 1.54) is 31.6 Å². The first-order chi connectivity index (χ1) is 15.9. The molecule has 0 aliphatic carbocycles. The van der Waals surface area contributed by atoms with E-state index in [4.69, 9.17) is 9.15 Å². The lowest BCUT2D eigenvalue weighted by Crippen LogP contribution is -2.28. The smallest absolute Gasteiger partial charge is 0.343 e. The second-order valence-electron chi connectivity index (χ2n) is 7.33. The number of benzene rings is 2. The monoisotopic (exact) mass is 448 g/mol. The Morgan fingerprint density at radius 2 is 1.82 bits per heavy atom. The summed E-state index contributed by atoms with van der Waals surface area (Å²) in [4.78, 5) is 50.5. The minimum absolute atomic E-state index is 0.0183. The predicted molar refractivity (Wildman–Crippen MR) is 116 cm³/mol. The van der Waals surface area contributed by atoms with Gasteiger partial charge in [0.1, 0.15) is 11.5 Å². The Morgan fingerprint density at radius 3 is 2.52 bits per heavy atom. The van der Waals surface area contributed by atoms with Crippen LogP contribution < -0.4 is 10.1 Å². The average molecular weight is 448 g/mol. The fourth-order valence-electron chi connectivity index (χ4n) is 3.40. The Bertz CT molecular complexity index is 1250. The number of carbonyl (C=O) groups excluding carboxylic acids is 4. The molecule has 2 aromatic carbocycles. The molecule has 0 atom stereocenters. The van der Waals surface area contributed by atoms with Gasteiger partial charge in [0.2, 0.25) is 0 Å². The maximum absolute atomic E-state index is 12.8. The summed E-state index contributed by atoms with van der Waals surface area (Å²) in [6.45, 7) is 1.57. The first-order valence-electron chi connectivity index (χ1n) is 10.0. The number of esters is 1. The molecule has 168 valence electrons. The number of amides is 3.